The van der Waals surface area contributed by atoms with Crippen LogP contribution in [-0.2, 0) is 0 Å². The first-order valence-electron chi connectivity index (χ1n) is 6.15. The minimum atomic E-state index is 0. The van der Waals surface area contributed by atoms with Crippen LogP contribution in [0.2, 0.25) is 0 Å². The van der Waals surface area contributed by atoms with Crippen LogP contribution in [0, 0.1) is 17.8 Å². The lowest BCUT2D eigenvalue weighted by molar-refractivity contribution is 0.474. The van der Waals surface area contributed by atoms with Gasteiger partial charge in [0.25, 0.3) is 0 Å². The Balaban J connectivity index is 0.000000853. The second-order valence-electron chi connectivity index (χ2n) is 5.30. The van der Waals surface area contributed by atoms with E-state index in [9.17, 15) is 0 Å². The fraction of sp³-hybridized carbons (Fsp3) is 0.917. The van der Waals surface area contributed by atoms with Gasteiger partial charge in [-0.2, -0.15) is 0 Å². The maximum atomic E-state index is 4.58. The molecule has 2 aliphatic carbocycles. The van der Waals surface area contributed by atoms with Gasteiger partial charge in [-0.15, -0.1) is 12.4 Å². The Labute approximate surface area is 98.3 Å². The van der Waals surface area contributed by atoms with Gasteiger partial charge in [-0.3, -0.25) is 4.99 Å². The third kappa shape index (κ3) is 2.47. The lowest BCUT2D eigenvalue weighted by Crippen LogP contribution is -2.39. The minimum Gasteiger partial charge on any atom is -0.370 e. The van der Waals surface area contributed by atoms with Crippen LogP contribution in [0.15, 0.2) is 4.99 Å². The van der Waals surface area contributed by atoms with Crippen molar-refractivity contribution < 1.29 is 0 Å². The molecule has 2 fully saturated rings. The van der Waals surface area contributed by atoms with E-state index in [1.807, 2.05) is 0 Å². The summed E-state index contributed by atoms with van der Waals surface area (Å²) in [5, 5.41) is 3.74. The molecule has 15 heavy (non-hydrogen) atoms. The number of nitrogens with one attached hydrogen (secondary N) is 1. The van der Waals surface area contributed by atoms with E-state index in [1.165, 1.54) is 37.9 Å². The normalized spacial score (nSPS) is 30.0. The molecule has 2 saturated carbocycles. The van der Waals surface area contributed by atoms with Gasteiger partial charge in [-0.05, 0) is 43.9 Å². The molecule has 3 aliphatic rings. The Kier molecular flexibility index (Phi) is 3.24. The smallest absolute Gasteiger partial charge is 0.0994 e. The van der Waals surface area contributed by atoms with Crippen molar-refractivity contribution in [1.29, 1.82) is 0 Å². The minimum absolute atomic E-state index is 0. The topological polar surface area (TPSA) is 24.4 Å². The lowest BCUT2D eigenvalue weighted by atomic mass is 10.0. The molecule has 3 heteroatoms. The molecule has 2 nitrogen and oxygen atoms in total. The summed E-state index contributed by atoms with van der Waals surface area (Å²) in [5.41, 5.74) is 0. The molecule has 0 radical (unpaired) electrons. The van der Waals surface area contributed by atoms with Gasteiger partial charge in [0, 0.05) is 18.5 Å². The molecule has 0 spiro atoms. The molecule has 3 rings (SSSR count). The molecule has 0 aromatic rings. The van der Waals surface area contributed by atoms with Crippen LogP contribution in [-0.4, -0.2) is 18.4 Å². The van der Waals surface area contributed by atoms with Gasteiger partial charge in [0.2, 0.25) is 0 Å². The molecule has 1 atom stereocenters. The Morgan fingerprint density at radius 3 is 2.13 bits per heavy atom. The van der Waals surface area contributed by atoms with Crippen LogP contribution in [0.5, 0.6) is 0 Å². The predicted molar refractivity (Wildman–Crippen MR) is 65.7 cm³/mol. The Bertz CT molecular complexity index is 244. The first kappa shape index (κ1) is 11.3. The van der Waals surface area contributed by atoms with E-state index >= 15 is 0 Å². The molecule has 0 amide bonds. The number of amidine groups is 1. The quantitative estimate of drug-likeness (QED) is 0.789. The van der Waals surface area contributed by atoms with E-state index in [0.717, 1.165) is 24.4 Å². The van der Waals surface area contributed by atoms with Gasteiger partial charge in [-0.1, -0.05) is 6.92 Å². The zero-order chi connectivity index (χ0) is 9.54. The van der Waals surface area contributed by atoms with Gasteiger partial charge in [0.1, 0.15) is 0 Å². The first-order valence-corrected chi connectivity index (χ1v) is 6.15. The number of nitrogens with zero attached hydrogens (tertiary/aromatic N) is 1. The van der Waals surface area contributed by atoms with Crippen molar-refractivity contribution in [2.45, 2.75) is 45.1 Å². The molecule has 1 N–H and O–H groups in total. The van der Waals surface area contributed by atoms with E-state index in [2.05, 4.69) is 17.2 Å². The van der Waals surface area contributed by atoms with Crippen molar-refractivity contribution in [1.82, 2.24) is 5.32 Å². The Morgan fingerprint density at radius 1 is 1.13 bits per heavy atom. The molecule has 0 aromatic heterocycles. The van der Waals surface area contributed by atoms with Crippen molar-refractivity contribution >= 4 is 18.2 Å². The summed E-state index contributed by atoms with van der Waals surface area (Å²) in [5.74, 6) is 3.97. The predicted octanol–water partition coefficient (Wildman–Crippen LogP) is 2.62. The Hall–Kier alpha value is -0.240. The highest BCUT2D eigenvalue weighted by molar-refractivity contribution is 5.86. The molecule has 1 aliphatic heterocycles. The van der Waals surface area contributed by atoms with Gasteiger partial charge < -0.3 is 5.32 Å². The molecular formula is C12H21ClN2. The number of rotatable bonds is 3. The van der Waals surface area contributed by atoms with Gasteiger partial charge in [-0.25, -0.2) is 0 Å². The Morgan fingerprint density at radius 2 is 1.73 bits per heavy atom. The van der Waals surface area contributed by atoms with Crippen LogP contribution in [0.1, 0.15) is 39.0 Å². The largest absolute Gasteiger partial charge is 0.370 e. The van der Waals surface area contributed by atoms with Crippen LogP contribution in [0.3, 0.4) is 0 Å². The highest BCUT2D eigenvalue weighted by Crippen LogP contribution is 2.44. The molecular weight excluding hydrogens is 208 g/mol. The lowest BCUT2D eigenvalue weighted by Gasteiger charge is -2.20. The summed E-state index contributed by atoms with van der Waals surface area (Å²) in [6.45, 7) is 3.35. The summed E-state index contributed by atoms with van der Waals surface area (Å²) in [7, 11) is 0. The van der Waals surface area contributed by atoms with Crippen LogP contribution in [0.4, 0.5) is 0 Å². The molecule has 86 valence electrons. The average Bonchev–Trinajstić information content (AvgIpc) is 3.05. The summed E-state index contributed by atoms with van der Waals surface area (Å²) < 4.78 is 0. The van der Waals surface area contributed by atoms with E-state index in [4.69, 9.17) is 0 Å². The van der Waals surface area contributed by atoms with E-state index < -0.39 is 0 Å². The number of hydrogen-bond acceptors (Lipinski definition) is 2. The molecule has 1 heterocycles. The SMILES string of the molecule is CC1CCN=C1NC(C1CC1)C1CC1.Cl. The van der Waals surface area contributed by atoms with E-state index in [0.29, 0.717) is 5.92 Å². The molecule has 0 bridgehead atoms. The van der Waals surface area contributed by atoms with E-state index in [1.54, 1.807) is 0 Å². The summed E-state index contributed by atoms with van der Waals surface area (Å²) in [6.07, 6.45) is 7.07. The van der Waals surface area contributed by atoms with Crippen molar-refractivity contribution in [3.05, 3.63) is 0 Å². The summed E-state index contributed by atoms with van der Waals surface area (Å²) >= 11 is 0. The molecule has 1 unspecified atom stereocenters. The fourth-order valence-corrected chi connectivity index (χ4v) is 2.56. The summed E-state index contributed by atoms with van der Waals surface area (Å²) in [6, 6.07) is 0.786. The van der Waals surface area contributed by atoms with Gasteiger partial charge in [0.15, 0.2) is 0 Å². The summed E-state index contributed by atoms with van der Waals surface area (Å²) in [4.78, 5) is 4.58. The molecule has 0 saturated heterocycles. The second-order valence-corrected chi connectivity index (χ2v) is 5.30. The zero-order valence-electron chi connectivity index (χ0n) is 9.41. The number of halogens is 1. The average molecular weight is 229 g/mol. The van der Waals surface area contributed by atoms with Crippen LogP contribution < -0.4 is 5.32 Å². The van der Waals surface area contributed by atoms with Crippen molar-refractivity contribution in [2.75, 3.05) is 6.54 Å². The number of aliphatic imine (C=N–C) groups is 1. The maximum absolute atomic E-state index is 4.58. The van der Waals surface area contributed by atoms with Crippen molar-refractivity contribution in [3.8, 4) is 0 Å². The standard InChI is InChI=1S/C12H20N2.ClH/c1-8-6-7-13-12(8)14-11(9-2-3-9)10-4-5-10;/h8-11H,2-7H2,1H3,(H,13,14);1H. The number of hydrogen-bond donors (Lipinski definition) is 1. The second kappa shape index (κ2) is 4.32. The van der Waals surface area contributed by atoms with Gasteiger partial charge >= 0.3 is 0 Å². The monoisotopic (exact) mass is 228 g/mol. The van der Waals surface area contributed by atoms with Crippen LogP contribution in [0.25, 0.3) is 0 Å². The first-order chi connectivity index (χ1) is 6.84. The highest BCUT2D eigenvalue weighted by atomic mass is 35.5. The van der Waals surface area contributed by atoms with E-state index in [-0.39, 0.29) is 12.4 Å². The molecule has 0 aromatic carbocycles. The van der Waals surface area contributed by atoms with Crippen molar-refractivity contribution in [2.24, 2.45) is 22.7 Å². The maximum Gasteiger partial charge on any atom is 0.0994 e. The zero-order valence-corrected chi connectivity index (χ0v) is 10.2. The highest BCUT2D eigenvalue weighted by Gasteiger charge is 2.42. The van der Waals surface area contributed by atoms with Gasteiger partial charge in [0.05, 0.1) is 5.84 Å². The van der Waals surface area contributed by atoms with Crippen LogP contribution >= 0.6 is 12.4 Å². The third-order valence-electron chi connectivity index (χ3n) is 3.89. The van der Waals surface area contributed by atoms with Crippen molar-refractivity contribution in [3.63, 3.8) is 0 Å². The fourth-order valence-electron chi connectivity index (χ4n) is 2.56. The third-order valence-corrected chi connectivity index (χ3v) is 3.89.